The monoisotopic (exact) mass is 446 g/mol. The molecule has 178 valence electrons. The number of allylic oxidation sites excluding steroid dienone is 2. The fourth-order valence-corrected chi connectivity index (χ4v) is 6.17. The molecule has 6 heteroatoms. The van der Waals surface area contributed by atoms with E-state index in [9.17, 15) is 22.4 Å². The van der Waals surface area contributed by atoms with E-state index in [2.05, 4.69) is 6.92 Å². The van der Waals surface area contributed by atoms with E-state index in [1.54, 1.807) is 0 Å². The van der Waals surface area contributed by atoms with Gasteiger partial charge in [-0.15, -0.1) is 0 Å². The Labute approximate surface area is 184 Å². The van der Waals surface area contributed by atoms with E-state index in [0.717, 1.165) is 70.1 Å². The standard InChI is InChI=1S/C25H38F4O2/c1-2-3-17-4-6-21(7-5-17)24(30)31-22-14-12-19(13-15-22)18-8-10-20(11-9-18)23(26)16-25(27,28)29/h16-22H,2-15H2,1H3/b23-16-. The van der Waals surface area contributed by atoms with Gasteiger partial charge in [0.05, 0.1) is 12.0 Å². The van der Waals surface area contributed by atoms with Crippen LogP contribution in [-0.4, -0.2) is 18.2 Å². The molecule has 3 aliphatic rings. The molecule has 0 unspecified atom stereocenters. The molecular weight excluding hydrogens is 408 g/mol. The lowest BCUT2D eigenvalue weighted by atomic mass is 9.70. The van der Waals surface area contributed by atoms with E-state index in [0.29, 0.717) is 24.7 Å². The molecule has 3 rings (SSSR count). The molecule has 0 saturated heterocycles. The second kappa shape index (κ2) is 11.2. The average Bonchev–Trinajstić information content (AvgIpc) is 2.74. The summed E-state index contributed by atoms with van der Waals surface area (Å²) in [6.07, 6.45) is 8.27. The van der Waals surface area contributed by atoms with Crippen molar-refractivity contribution >= 4 is 5.97 Å². The molecule has 0 radical (unpaired) electrons. The quantitative estimate of drug-likeness (QED) is 0.306. The predicted molar refractivity (Wildman–Crippen MR) is 113 cm³/mol. The van der Waals surface area contributed by atoms with Gasteiger partial charge in [-0.1, -0.05) is 19.8 Å². The highest BCUT2D eigenvalue weighted by Gasteiger charge is 2.35. The Bertz CT molecular complexity index is 591. The summed E-state index contributed by atoms with van der Waals surface area (Å²) in [7, 11) is 0. The molecule has 2 nitrogen and oxygen atoms in total. The first-order valence-electron chi connectivity index (χ1n) is 12.4. The molecule has 3 fully saturated rings. The molecule has 0 amide bonds. The van der Waals surface area contributed by atoms with E-state index in [1.165, 1.54) is 12.8 Å². The zero-order valence-electron chi connectivity index (χ0n) is 18.8. The van der Waals surface area contributed by atoms with Crippen LogP contribution in [0.4, 0.5) is 17.6 Å². The Morgan fingerprint density at radius 3 is 1.87 bits per heavy atom. The van der Waals surface area contributed by atoms with Crippen LogP contribution in [-0.2, 0) is 9.53 Å². The summed E-state index contributed by atoms with van der Waals surface area (Å²) in [4.78, 5) is 12.6. The maximum atomic E-state index is 13.8. The molecular formula is C25H38F4O2. The summed E-state index contributed by atoms with van der Waals surface area (Å²) in [5.74, 6) is 0.229. The lowest BCUT2D eigenvalue weighted by Gasteiger charge is -2.37. The van der Waals surface area contributed by atoms with Crippen molar-refractivity contribution in [3.8, 4) is 0 Å². The second-order valence-electron chi connectivity index (χ2n) is 10.2. The Balaban J connectivity index is 1.36. The smallest absolute Gasteiger partial charge is 0.412 e. The Morgan fingerprint density at radius 1 is 0.839 bits per heavy atom. The molecule has 3 aliphatic carbocycles. The third-order valence-electron chi connectivity index (χ3n) is 8.01. The minimum atomic E-state index is -4.58. The summed E-state index contributed by atoms with van der Waals surface area (Å²) >= 11 is 0. The van der Waals surface area contributed by atoms with Crippen LogP contribution in [0.3, 0.4) is 0 Å². The van der Waals surface area contributed by atoms with E-state index in [-0.39, 0.29) is 24.1 Å². The van der Waals surface area contributed by atoms with Crippen molar-refractivity contribution in [1.82, 2.24) is 0 Å². The van der Waals surface area contributed by atoms with Crippen LogP contribution in [0.1, 0.15) is 96.8 Å². The van der Waals surface area contributed by atoms with Crippen LogP contribution < -0.4 is 0 Å². The van der Waals surface area contributed by atoms with Crippen molar-refractivity contribution in [2.75, 3.05) is 0 Å². The molecule has 0 spiro atoms. The Kier molecular flexibility index (Phi) is 8.86. The zero-order valence-corrected chi connectivity index (χ0v) is 18.8. The lowest BCUT2D eigenvalue weighted by molar-refractivity contribution is -0.157. The molecule has 0 aromatic carbocycles. The minimum Gasteiger partial charge on any atom is -0.462 e. The summed E-state index contributed by atoms with van der Waals surface area (Å²) < 4.78 is 56.8. The third kappa shape index (κ3) is 7.49. The maximum absolute atomic E-state index is 13.8. The summed E-state index contributed by atoms with van der Waals surface area (Å²) in [5, 5.41) is 0. The summed E-state index contributed by atoms with van der Waals surface area (Å²) in [6, 6.07) is 0. The first-order chi connectivity index (χ1) is 14.7. The van der Waals surface area contributed by atoms with Crippen LogP contribution in [0.25, 0.3) is 0 Å². The Hall–Kier alpha value is -1.07. The topological polar surface area (TPSA) is 26.3 Å². The molecule has 0 heterocycles. The summed E-state index contributed by atoms with van der Waals surface area (Å²) in [6.45, 7) is 2.21. The molecule has 31 heavy (non-hydrogen) atoms. The van der Waals surface area contributed by atoms with Gasteiger partial charge in [0.1, 0.15) is 11.9 Å². The van der Waals surface area contributed by atoms with Gasteiger partial charge in [0.2, 0.25) is 0 Å². The number of carbonyl (C=O) groups excluding carboxylic acids is 1. The van der Waals surface area contributed by atoms with Crippen LogP contribution in [0.5, 0.6) is 0 Å². The fourth-order valence-electron chi connectivity index (χ4n) is 6.17. The zero-order chi connectivity index (χ0) is 22.4. The molecule has 0 bridgehead atoms. The minimum absolute atomic E-state index is 0.00849. The molecule has 0 aromatic heterocycles. The van der Waals surface area contributed by atoms with Crippen LogP contribution in [0, 0.1) is 29.6 Å². The molecule has 0 atom stereocenters. The van der Waals surface area contributed by atoms with E-state index >= 15 is 0 Å². The van der Waals surface area contributed by atoms with Crippen molar-refractivity contribution in [2.24, 2.45) is 29.6 Å². The number of hydrogen-bond donors (Lipinski definition) is 0. The van der Waals surface area contributed by atoms with Gasteiger partial charge < -0.3 is 4.74 Å². The number of halogens is 4. The summed E-state index contributed by atoms with van der Waals surface area (Å²) in [5.41, 5.74) is 0. The first kappa shape index (κ1) is 24.6. The number of ether oxygens (including phenoxy) is 1. The van der Waals surface area contributed by atoms with E-state index in [1.807, 2.05) is 0 Å². The van der Waals surface area contributed by atoms with E-state index in [4.69, 9.17) is 4.74 Å². The number of alkyl halides is 3. The fraction of sp³-hybridized carbons (Fsp3) is 0.880. The van der Waals surface area contributed by atoms with Crippen LogP contribution in [0.2, 0.25) is 0 Å². The lowest BCUT2D eigenvalue weighted by Crippen LogP contribution is -2.32. The predicted octanol–water partition coefficient (Wildman–Crippen LogP) is 7.92. The number of hydrogen-bond acceptors (Lipinski definition) is 2. The normalized spacial score (nSPS) is 35.6. The molecule has 0 N–H and O–H groups in total. The van der Waals surface area contributed by atoms with Gasteiger partial charge >= 0.3 is 12.1 Å². The highest BCUT2D eigenvalue weighted by atomic mass is 19.4. The van der Waals surface area contributed by atoms with Crippen molar-refractivity contribution in [1.29, 1.82) is 0 Å². The third-order valence-corrected chi connectivity index (χ3v) is 8.01. The van der Waals surface area contributed by atoms with Gasteiger partial charge in [-0.3, -0.25) is 4.79 Å². The molecule has 3 saturated carbocycles. The number of rotatable bonds is 6. The number of carbonyl (C=O) groups is 1. The van der Waals surface area contributed by atoms with Gasteiger partial charge in [-0.2, -0.15) is 13.2 Å². The van der Waals surface area contributed by atoms with Crippen molar-refractivity contribution in [3.63, 3.8) is 0 Å². The van der Waals surface area contributed by atoms with Gasteiger partial charge in [-0.25, -0.2) is 4.39 Å². The molecule has 0 aliphatic heterocycles. The van der Waals surface area contributed by atoms with Crippen molar-refractivity contribution < 1.29 is 27.1 Å². The van der Waals surface area contributed by atoms with Gasteiger partial charge in [0.15, 0.2) is 0 Å². The van der Waals surface area contributed by atoms with Gasteiger partial charge in [0, 0.05) is 5.92 Å². The van der Waals surface area contributed by atoms with Crippen molar-refractivity contribution in [3.05, 3.63) is 11.9 Å². The highest BCUT2D eigenvalue weighted by Crippen LogP contribution is 2.43. The van der Waals surface area contributed by atoms with Crippen LogP contribution in [0.15, 0.2) is 11.9 Å². The maximum Gasteiger partial charge on any atom is 0.412 e. The Morgan fingerprint density at radius 2 is 1.35 bits per heavy atom. The van der Waals surface area contributed by atoms with Gasteiger partial charge in [-0.05, 0) is 94.8 Å². The first-order valence-corrected chi connectivity index (χ1v) is 12.4. The SMILES string of the molecule is CCCC1CCC(C(=O)OC2CCC(C3CCC(/C(F)=C/C(F)(F)F)CC3)CC2)CC1. The average molecular weight is 447 g/mol. The van der Waals surface area contributed by atoms with Gasteiger partial charge in [0.25, 0.3) is 0 Å². The van der Waals surface area contributed by atoms with Crippen LogP contribution >= 0.6 is 0 Å². The molecule has 0 aromatic rings. The largest absolute Gasteiger partial charge is 0.462 e. The number of esters is 1. The van der Waals surface area contributed by atoms with E-state index < -0.39 is 17.9 Å². The highest BCUT2D eigenvalue weighted by molar-refractivity contribution is 5.72. The van der Waals surface area contributed by atoms with Crippen molar-refractivity contribution in [2.45, 2.75) is 109 Å². The second-order valence-corrected chi connectivity index (χ2v) is 10.2.